The number of nitrogens with zero attached hydrogens (tertiary/aromatic N) is 4. The van der Waals surface area contributed by atoms with Gasteiger partial charge < -0.3 is 19.3 Å². The van der Waals surface area contributed by atoms with E-state index >= 15 is 0 Å². The molecule has 0 spiro atoms. The lowest BCUT2D eigenvalue weighted by molar-refractivity contribution is 0.0914. The van der Waals surface area contributed by atoms with E-state index in [2.05, 4.69) is 9.55 Å². The molecule has 1 fully saturated rings. The number of fused-ring (bicyclic) bond motifs is 1. The van der Waals surface area contributed by atoms with Gasteiger partial charge in [-0.3, -0.25) is 0 Å². The lowest BCUT2D eigenvalue weighted by atomic mass is 9.93. The summed E-state index contributed by atoms with van der Waals surface area (Å²) >= 11 is 0. The number of aliphatic hydroxyl groups is 1. The number of benzene rings is 1. The van der Waals surface area contributed by atoms with Gasteiger partial charge in [-0.15, -0.1) is 0 Å². The first-order valence-electron chi connectivity index (χ1n) is 10.6. The molecule has 7 nitrogen and oxygen atoms in total. The minimum absolute atomic E-state index is 0.224. The van der Waals surface area contributed by atoms with Crippen molar-refractivity contribution in [3.05, 3.63) is 60.0 Å². The molecule has 1 saturated heterocycles. The van der Waals surface area contributed by atoms with Crippen LogP contribution in [0.5, 0.6) is 0 Å². The average molecular weight is 409 g/mol. The van der Waals surface area contributed by atoms with E-state index < -0.39 is 6.10 Å². The van der Waals surface area contributed by atoms with Gasteiger partial charge in [-0.05, 0) is 43.4 Å². The van der Waals surface area contributed by atoms with Crippen LogP contribution < -0.4 is 0 Å². The maximum Gasteiger partial charge on any atom is 0.409 e. The van der Waals surface area contributed by atoms with Crippen molar-refractivity contribution in [3.8, 4) is 0 Å². The summed E-state index contributed by atoms with van der Waals surface area (Å²) < 4.78 is 7.21. The SMILES string of the molecule is CCOC(=O)N1CCC(Cc2nc3ncccc3n2CC(O)c2ccccc2)CC1. The molecule has 1 aromatic carbocycles. The predicted molar refractivity (Wildman–Crippen MR) is 114 cm³/mol. The minimum atomic E-state index is -0.617. The smallest absolute Gasteiger partial charge is 0.409 e. The Labute approximate surface area is 176 Å². The van der Waals surface area contributed by atoms with Gasteiger partial charge in [0.25, 0.3) is 0 Å². The third-order valence-electron chi connectivity index (χ3n) is 5.76. The van der Waals surface area contributed by atoms with Crippen LogP contribution in [0.3, 0.4) is 0 Å². The number of amides is 1. The lowest BCUT2D eigenvalue weighted by Gasteiger charge is -2.31. The molecule has 1 unspecified atom stereocenters. The monoisotopic (exact) mass is 408 g/mol. The fourth-order valence-corrected chi connectivity index (χ4v) is 4.11. The highest BCUT2D eigenvalue weighted by atomic mass is 16.6. The molecule has 1 aliphatic heterocycles. The summed E-state index contributed by atoms with van der Waals surface area (Å²) in [5.41, 5.74) is 2.53. The van der Waals surface area contributed by atoms with Crippen molar-refractivity contribution in [2.45, 2.75) is 38.8 Å². The van der Waals surface area contributed by atoms with Gasteiger partial charge in [0, 0.05) is 25.7 Å². The van der Waals surface area contributed by atoms with Gasteiger partial charge >= 0.3 is 6.09 Å². The Balaban J connectivity index is 1.50. The van der Waals surface area contributed by atoms with Crippen LogP contribution in [0.25, 0.3) is 11.2 Å². The highest BCUT2D eigenvalue weighted by Gasteiger charge is 2.26. The number of hydrogen-bond donors (Lipinski definition) is 1. The number of imidazole rings is 1. The lowest BCUT2D eigenvalue weighted by Crippen LogP contribution is -2.39. The second kappa shape index (κ2) is 9.26. The van der Waals surface area contributed by atoms with Gasteiger partial charge in [-0.2, -0.15) is 0 Å². The Hall–Kier alpha value is -2.93. The summed E-state index contributed by atoms with van der Waals surface area (Å²) in [6, 6.07) is 13.6. The number of rotatable bonds is 6. The van der Waals surface area contributed by atoms with Gasteiger partial charge in [0.1, 0.15) is 5.82 Å². The first kappa shape index (κ1) is 20.3. The molecule has 1 aliphatic rings. The normalized spacial score (nSPS) is 16.0. The van der Waals surface area contributed by atoms with Gasteiger partial charge in [-0.1, -0.05) is 30.3 Å². The molecular weight excluding hydrogens is 380 g/mol. The fraction of sp³-hybridized carbons (Fsp3) is 0.435. The van der Waals surface area contributed by atoms with E-state index in [0.717, 1.165) is 36.2 Å². The molecule has 158 valence electrons. The molecule has 30 heavy (non-hydrogen) atoms. The number of carbonyl (C=O) groups excluding carboxylic acids is 1. The summed E-state index contributed by atoms with van der Waals surface area (Å²) in [5, 5.41) is 10.8. The van der Waals surface area contributed by atoms with E-state index in [1.54, 1.807) is 11.1 Å². The molecule has 1 amide bonds. The first-order chi connectivity index (χ1) is 14.7. The molecule has 4 rings (SSSR count). The number of carbonyl (C=O) groups is 1. The van der Waals surface area contributed by atoms with Crippen molar-refractivity contribution >= 4 is 17.3 Å². The van der Waals surface area contributed by atoms with Gasteiger partial charge in [-0.25, -0.2) is 14.8 Å². The van der Waals surface area contributed by atoms with Crippen molar-refractivity contribution < 1.29 is 14.6 Å². The molecule has 3 heterocycles. The minimum Gasteiger partial charge on any atom is -0.450 e. The van der Waals surface area contributed by atoms with Crippen LogP contribution in [0.4, 0.5) is 4.79 Å². The summed E-state index contributed by atoms with van der Waals surface area (Å²) in [4.78, 5) is 22.9. The zero-order valence-corrected chi connectivity index (χ0v) is 17.3. The van der Waals surface area contributed by atoms with E-state index in [1.807, 2.05) is 49.4 Å². The summed E-state index contributed by atoms with van der Waals surface area (Å²) in [5.74, 6) is 1.37. The second-order valence-electron chi connectivity index (χ2n) is 7.74. The molecule has 7 heteroatoms. The van der Waals surface area contributed by atoms with Crippen molar-refractivity contribution in [1.29, 1.82) is 0 Å². The van der Waals surface area contributed by atoms with Gasteiger partial charge in [0.2, 0.25) is 0 Å². The van der Waals surface area contributed by atoms with E-state index in [0.29, 0.717) is 37.8 Å². The van der Waals surface area contributed by atoms with Gasteiger partial charge in [0.05, 0.1) is 24.8 Å². The topological polar surface area (TPSA) is 80.5 Å². The highest BCUT2D eigenvalue weighted by Crippen LogP contribution is 2.26. The molecule has 0 saturated carbocycles. The standard InChI is InChI=1S/C23H28N4O3/c1-2-30-23(29)26-13-10-17(11-14-26)15-21-25-22-19(9-6-12-24-22)27(21)16-20(28)18-7-4-3-5-8-18/h3-9,12,17,20,28H,2,10-11,13-16H2,1H3. The van der Waals surface area contributed by atoms with Crippen LogP contribution in [0.2, 0.25) is 0 Å². The maximum atomic E-state index is 11.9. The number of pyridine rings is 1. The molecule has 1 N–H and O–H groups in total. The van der Waals surface area contributed by atoms with E-state index in [9.17, 15) is 9.90 Å². The summed E-state index contributed by atoms with van der Waals surface area (Å²) in [6.45, 7) is 4.07. The van der Waals surface area contributed by atoms with E-state index in [-0.39, 0.29) is 6.09 Å². The molecule has 0 radical (unpaired) electrons. The largest absolute Gasteiger partial charge is 0.450 e. The highest BCUT2D eigenvalue weighted by molar-refractivity contribution is 5.71. The quantitative estimate of drug-likeness (QED) is 0.674. The Kier molecular flexibility index (Phi) is 6.28. The van der Waals surface area contributed by atoms with Crippen molar-refractivity contribution in [2.24, 2.45) is 5.92 Å². The zero-order chi connectivity index (χ0) is 20.9. The Morgan fingerprint density at radius 3 is 2.70 bits per heavy atom. The third-order valence-corrected chi connectivity index (χ3v) is 5.76. The maximum absolute atomic E-state index is 11.9. The predicted octanol–water partition coefficient (Wildman–Crippen LogP) is 3.58. The third kappa shape index (κ3) is 4.46. The van der Waals surface area contributed by atoms with Crippen molar-refractivity contribution in [2.75, 3.05) is 19.7 Å². The Morgan fingerprint density at radius 2 is 1.97 bits per heavy atom. The molecule has 0 aliphatic carbocycles. The Bertz CT molecular complexity index is 981. The van der Waals surface area contributed by atoms with Crippen LogP contribution in [0.15, 0.2) is 48.7 Å². The average Bonchev–Trinajstić information content (AvgIpc) is 3.12. The van der Waals surface area contributed by atoms with E-state index in [1.165, 1.54) is 0 Å². The van der Waals surface area contributed by atoms with Crippen LogP contribution >= 0.6 is 0 Å². The molecule has 1 atom stereocenters. The van der Waals surface area contributed by atoms with Gasteiger partial charge in [0.15, 0.2) is 5.65 Å². The number of aromatic nitrogens is 3. The van der Waals surface area contributed by atoms with Crippen molar-refractivity contribution in [3.63, 3.8) is 0 Å². The summed E-state index contributed by atoms with van der Waals surface area (Å²) in [6.07, 6.45) is 3.53. The van der Waals surface area contributed by atoms with Crippen LogP contribution in [-0.2, 0) is 17.7 Å². The number of hydrogen-bond acceptors (Lipinski definition) is 5. The number of ether oxygens (including phenoxy) is 1. The number of aliphatic hydroxyl groups excluding tert-OH is 1. The van der Waals surface area contributed by atoms with Crippen LogP contribution in [0.1, 0.15) is 37.3 Å². The zero-order valence-electron chi connectivity index (χ0n) is 17.3. The number of likely N-dealkylation sites (tertiary alicyclic amines) is 1. The van der Waals surface area contributed by atoms with Crippen molar-refractivity contribution in [1.82, 2.24) is 19.4 Å². The summed E-state index contributed by atoms with van der Waals surface area (Å²) in [7, 11) is 0. The molecule has 3 aromatic rings. The molecule has 2 aromatic heterocycles. The molecule has 0 bridgehead atoms. The van der Waals surface area contributed by atoms with Crippen LogP contribution in [-0.4, -0.2) is 50.3 Å². The Morgan fingerprint density at radius 1 is 1.20 bits per heavy atom. The van der Waals surface area contributed by atoms with E-state index in [4.69, 9.17) is 9.72 Å². The van der Waals surface area contributed by atoms with Crippen LogP contribution in [0, 0.1) is 5.92 Å². The second-order valence-corrected chi connectivity index (χ2v) is 7.74. The first-order valence-corrected chi connectivity index (χ1v) is 10.6. The molecular formula is C23H28N4O3. The number of piperidine rings is 1. The fourth-order valence-electron chi connectivity index (χ4n) is 4.11.